The lowest BCUT2D eigenvalue weighted by Crippen LogP contribution is -2.54. The number of H-pyrrole nitrogens is 1. The minimum atomic E-state index is -0.980. The fraction of sp³-hybridized carbons (Fsp3) is 0.341. The van der Waals surface area contributed by atoms with Gasteiger partial charge in [0.15, 0.2) is 0 Å². The maximum atomic E-state index is 13.4. The van der Waals surface area contributed by atoms with Crippen LogP contribution in [-0.2, 0) is 9.59 Å². The summed E-state index contributed by atoms with van der Waals surface area (Å²) in [5.74, 6) is -1.05. The Labute approximate surface area is 319 Å². The van der Waals surface area contributed by atoms with Crippen molar-refractivity contribution < 1.29 is 19.2 Å². The number of unbranched alkanes of at least 4 members (excludes halogenated alkanes) is 1. The Bertz CT molecular complexity index is 2150. The van der Waals surface area contributed by atoms with Gasteiger partial charge in [-0.05, 0) is 100.0 Å². The lowest BCUT2D eigenvalue weighted by molar-refractivity contribution is -0.136. The van der Waals surface area contributed by atoms with Crippen LogP contribution in [0.15, 0.2) is 78.6 Å². The van der Waals surface area contributed by atoms with Crippen LogP contribution in [0.25, 0.3) is 16.6 Å². The average Bonchev–Trinajstić information content (AvgIpc) is 3.77. The van der Waals surface area contributed by atoms with Crippen LogP contribution in [0.2, 0.25) is 0 Å². The number of imide groups is 2. The summed E-state index contributed by atoms with van der Waals surface area (Å²) in [7, 11) is 0. The molecule has 14 nitrogen and oxygen atoms in total. The zero-order valence-electron chi connectivity index (χ0n) is 30.7. The molecule has 284 valence electrons. The molecule has 2 saturated heterocycles. The number of likely N-dealkylation sites (tertiary alicyclic amines) is 1. The maximum absolute atomic E-state index is 13.4. The van der Waals surface area contributed by atoms with Crippen molar-refractivity contribution in [3.8, 4) is 0 Å². The van der Waals surface area contributed by atoms with Crippen molar-refractivity contribution in [3.05, 3.63) is 96.0 Å². The molecule has 0 aliphatic carbocycles. The Morgan fingerprint density at radius 2 is 1.82 bits per heavy atom. The van der Waals surface area contributed by atoms with E-state index in [2.05, 4.69) is 66.7 Å². The normalized spacial score (nSPS) is 18.3. The van der Waals surface area contributed by atoms with Gasteiger partial charge in [0.2, 0.25) is 17.8 Å². The largest absolute Gasteiger partial charge is 0.404 e. The molecular weight excluding hydrogens is 697 g/mol. The molecule has 2 aromatic heterocycles. The molecule has 6 N–H and O–H groups in total. The molecule has 0 spiro atoms. The van der Waals surface area contributed by atoms with E-state index in [1.807, 2.05) is 18.3 Å². The number of hydrogen-bond donors (Lipinski definition) is 5. The van der Waals surface area contributed by atoms with Gasteiger partial charge in [0.05, 0.1) is 16.8 Å². The number of aliphatic imine (C=N–C) groups is 1. The van der Waals surface area contributed by atoms with Gasteiger partial charge in [-0.2, -0.15) is 4.98 Å². The summed E-state index contributed by atoms with van der Waals surface area (Å²) in [4.78, 5) is 71.1. The number of aromatic amines is 1. The second kappa shape index (κ2) is 16.9. The third-order valence-electron chi connectivity index (χ3n) is 10.5. The van der Waals surface area contributed by atoms with E-state index >= 15 is 0 Å². The number of carbonyl (C=O) groups is 4. The van der Waals surface area contributed by atoms with E-state index in [0.29, 0.717) is 53.1 Å². The quantitative estimate of drug-likeness (QED) is 0.0473. The molecular formula is C41H46N10O4. The third-order valence-corrected chi connectivity index (χ3v) is 10.5. The summed E-state index contributed by atoms with van der Waals surface area (Å²) < 4.78 is 0. The first kappa shape index (κ1) is 37.2. The zero-order chi connectivity index (χ0) is 38.3. The van der Waals surface area contributed by atoms with Gasteiger partial charge in [-0.1, -0.05) is 24.3 Å². The fourth-order valence-corrected chi connectivity index (χ4v) is 7.53. The molecule has 0 radical (unpaired) electrons. The minimum absolute atomic E-state index is 0.0892. The number of allylic oxidation sites excluding steroid dienone is 1. The molecule has 2 fully saturated rings. The maximum Gasteiger partial charge on any atom is 0.264 e. The van der Waals surface area contributed by atoms with Gasteiger partial charge < -0.3 is 26.3 Å². The summed E-state index contributed by atoms with van der Waals surface area (Å²) >= 11 is 0. The van der Waals surface area contributed by atoms with Crippen molar-refractivity contribution in [1.29, 1.82) is 0 Å². The number of benzene rings is 2. The molecule has 5 heterocycles. The van der Waals surface area contributed by atoms with Gasteiger partial charge in [-0.3, -0.25) is 34.4 Å². The first-order valence-electron chi connectivity index (χ1n) is 18.9. The molecule has 0 saturated carbocycles. The lowest BCUT2D eigenvalue weighted by atomic mass is 9.89. The average molecular weight is 743 g/mol. The number of nitrogens with zero attached hydrogens (tertiary/aromatic N) is 5. The Hall–Kier alpha value is -6.15. The third kappa shape index (κ3) is 8.19. The molecule has 1 unspecified atom stereocenters. The van der Waals surface area contributed by atoms with Crippen LogP contribution < -0.4 is 21.7 Å². The standard InChI is InChI=1S/C41H46N10O4/c1-2-3-18-43-25-28(24-42)36-31-15-20-45-37(31)49-41(48-36)46-29-11-9-26(10-12-29)27-16-22-50(23-17-27)21-5-4-19-44-32-8-6-7-30-35(32)40(55)51(39(30)54)33-13-14-34(52)47-38(33)53/h2,6-12,15,20,24-25,27,33,44H,1,3-5,13-14,16-19,21-23,42H2,(H,47,52,53)(H2,45,46,48,49)/b28-24+,43-25?. The summed E-state index contributed by atoms with van der Waals surface area (Å²) in [5.41, 5.74) is 11.5. The zero-order valence-corrected chi connectivity index (χ0v) is 30.7. The number of anilines is 3. The predicted octanol–water partition coefficient (Wildman–Crippen LogP) is 5.12. The Morgan fingerprint density at radius 3 is 2.58 bits per heavy atom. The van der Waals surface area contributed by atoms with E-state index in [0.717, 1.165) is 67.7 Å². The highest BCUT2D eigenvalue weighted by atomic mass is 16.2. The molecule has 3 aliphatic heterocycles. The number of rotatable bonds is 15. The van der Waals surface area contributed by atoms with Gasteiger partial charge in [-0.15, -0.1) is 6.58 Å². The second-order valence-electron chi connectivity index (χ2n) is 14.0. The van der Waals surface area contributed by atoms with Crippen molar-refractivity contribution in [1.82, 2.24) is 30.1 Å². The van der Waals surface area contributed by atoms with E-state index in [9.17, 15) is 19.2 Å². The Balaban J connectivity index is 0.868. The minimum Gasteiger partial charge on any atom is -0.404 e. The number of aromatic nitrogens is 3. The van der Waals surface area contributed by atoms with Crippen LogP contribution in [0.5, 0.6) is 0 Å². The number of hydrogen-bond acceptors (Lipinski definition) is 11. The second-order valence-corrected chi connectivity index (χ2v) is 14.0. The van der Waals surface area contributed by atoms with Gasteiger partial charge in [0.1, 0.15) is 11.7 Å². The van der Waals surface area contributed by atoms with E-state index in [4.69, 9.17) is 10.7 Å². The van der Waals surface area contributed by atoms with Crippen LogP contribution in [0.1, 0.15) is 82.8 Å². The summed E-state index contributed by atoms with van der Waals surface area (Å²) in [6.07, 6.45) is 12.0. The lowest BCUT2D eigenvalue weighted by Gasteiger charge is -2.32. The van der Waals surface area contributed by atoms with Crippen molar-refractivity contribution in [2.24, 2.45) is 10.7 Å². The number of fused-ring (bicyclic) bond motifs is 2. The molecule has 3 aliphatic rings. The Kier molecular flexibility index (Phi) is 11.4. The highest BCUT2D eigenvalue weighted by Gasteiger charge is 2.45. The summed E-state index contributed by atoms with van der Waals surface area (Å²) in [6, 6.07) is 14.6. The summed E-state index contributed by atoms with van der Waals surface area (Å²) in [5, 5.41) is 9.81. The molecule has 7 rings (SSSR count). The molecule has 55 heavy (non-hydrogen) atoms. The SMILES string of the molecule is C=CCCN=C/C(=C\N)c1nc(Nc2ccc(C3CCN(CCCCNc4cccc5c4C(=O)N(C4CCC(=O)NC4=O)C5=O)CC3)cc2)nc2[nH]ccc12. The van der Waals surface area contributed by atoms with Gasteiger partial charge in [-0.25, -0.2) is 4.98 Å². The first-order chi connectivity index (χ1) is 26.8. The highest BCUT2D eigenvalue weighted by Crippen LogP contribution is 2.33. The monoisotopic (exact) mass is 742 g/mol. The first-order valence-corrected chi connectivity index (χ1v) is 18.9. The number of nitrogens with one attached hydrogen (secondary N) is 4. The van der Waals surface area contributed by atoms with Crippen molar-refractivity contribution >= 4 is 63.8 Å². The van der Waals surface area contributed by atoms with Crippen molar-refractivity contribution in [2.45, 2.75) is 56.9 Å². The summed E-state index contributed by atoms with van der Waals surface area (Å²) in [6.45, 7) is 8.06. The molecule has 2 aromatic carbocycles. The van der Waals surface area contributed by atoms with Gasteiger partial charge in [0.25, 0.3) is 11.8 Å². The van der Waals surface area contributed by atoms with Crippen LogP contribution in [-0.4, -0.2) is 93.4 Å². The van der Waals surface area contributed by atoms with Crippen molar-refractivity contribution in [3.63, 3.8) is 0 Å². The van der Waals surface area contributed by atoms with Gasteiger partial charge >= 0.3 is 0 Å². The topological polar surface area (TPSA) is 191 Å². The van der Waals surface area contributed by atoms with Crippen LogP contribution in [0.3, 0.4) is 0 Å². The van der Waals surface area contributed by atoms with Crippen LogP contribution >= 0.6 is 0 Å². The molecule has 1 atom stereocenters. The predicted molar refractivity (Wildman–Crippen MR) is 213 cm³/mol. The van der Waals surface area contributed by atoms with Gasteiger partial charge in [0, 0.05) is 60.5 Å². The molecule has 0 bridgehead atoms. The van der Waals surface area contributed by atoms with E-state index < -0.39 is 29.7 Å². The number of nitrogens with two attached hydrogens (primary N) is 1. The molecule has 4 aromatic rings. The smallest absolute Gasteiger partial charge is 0.264 e. The number of carbonyl (C=O) groups excluding carboxylic acids is 4. The Morgan fingerprint density at radius 1 is 1.00 bits per heavy atom. The highest BCUT2D eigenvalue weighted by molar-refractivity contribution is 6.25. The molecule has 14 heteroatoms. The van der Waals surface area contributed by atoms with Crippen LogP contribution in [0, 0.1) is 0 Å². The number of piperidine rings is 2. The van der Waals surface area contributed by atoms with Crippen LogP contribution in [0.4, 0.5) is 17.3 Å². The van der Waals surface area contributed by atoms with Crippen molar-refractivity contribution in [2.75, 3.05) is 43.4 Å². The van der Waals surface area contributed by atoms with E-state index in [1.54, 1.807) is 24.4 Å². The van der Waals surface area contributed by atoms with E-state index in [-0.39, 0.29) is 18.4 Å². The fourth-order valence-electron chi connectivity index (χ4n) is 7.53. The number of amides is 4. The molecule has 4 amide bonds. The van der Waals surface area contributed by atoms with E-state index in [1.165, 1.54) is 11.8 Å².